The maximum Gasteiger partial charge on any atom is 0.363 e. The summed E-state index contributed by atoms with van der Waals surface area (Å²) >= 11 is 0. The lowest BCUT2D eigenvalue weighted by Gasteiger charge is -1.95. The highest BCUT2D eigenvalue weighted by molar-refractivity contribution is 8.32. The van der Waals surface area contributed by atoms with E-state index in [0.717, 1.165) is 0 Å². The largest absolute Gasteiger partial charge is 0.363 e. The lowest BCUT2D eigenvalue weighted by molar-refractivity contribution is 0.273. The van der Waals surface area contributed by atoms with Crippen LogP contribution in [0.1, 0.15) is 6.92 Å². The molecule has 0 bridgehead atoms. The van der Waals surface area contributed by atoms with Crippen molar-refractivity contribution in [3.63, 3.8) is 0 Å². The van der Waals surface area contributed by atoms with E-state index in [1.165, 1.54) is 6.92 Å². The van der Waals surface area contributed by atoms with Crippen LogP contribution in [0.3, 0.4) is 0 Å². The number of rotatable bonds is 2. The van der Waals surface area contributed by atoms with Crippen LogP contribution in [0, 0.1) is 0 Å². The zero-order valence-corrected chi connectivity index (χ0v) is 7.98. The molecule has 5 nitrogen and oxygen atoms in total. The van der Waals surface area contributed by atoms with Crippen LogP contribution in [0.4, 0.5) is 4.79 Å². The zero-order chi connectivity index (χ0) is 9.99. The lowest BCUT2D eigenvalue weighted by Crippen LogP contribution is -2.22. The highest BCUT2D eigenvalue weighted by Crippen LogP contribution is 2.04. The highest BCUT2D eigenvalue weighted by Gasteiger charge is 2.31. The van der Waals surface area contributed by atoms with Crippen LogP contribution in [0.25, 0.3) is 0 Å². The fraction of sp³-hybridized carbons (Fsp3) is 0.400. The molecule has 0 aromatic heterocycles. The molecule has 0 spiro atoms. The van der Waals surface area contributed by atoms with Gasteiger partial charge in [0.1, 0.15) is 0 Å². The molecule has 0 rings (SSSR count). The van der Waals surface area contributed by atoms with Gasteiger partial charge in [0.2, 0.25) is 19.7 Å². The van der Waals surface area contributed by atoms with Crippen molar-refractivity contribution in [1.29, 1.82) is 0 Å². The second kappa shape index (κ2) is 3.36. The Balaban J connectivity index is 5.30. The van der Waals surface area contributed by atoms with Crippen molar-refractivity contribution in [1.82, 2.24) is 0 Å². The first-order chi connectivity index (χ1) is 5.28. The van der Waals surface area contributed by atoms with Gasteiger partial charge in [-0.1, -0.05) is 13.5 Å². The van der Waals surface area contributed by atoms with Gasteiger partial charge in [0.25, 0.3) is 0 Å². The van der Waals surface area contributed by atoms with Gasteiger partial charge in [-0.15, -0.1) is 0 Å². The van der Waals surface area contributed by atoms with Crippen molar-refractivity contribution in [3.8, 4) is 0 Å². The van der Waals surface area contributed by atoms with E-state index < -0.39 is 29.9 Å². The first-order valence-corrected chi connectivity index (χ1v) is 6.12. The molecule has 12 heavy (non-hydrogen) atoms. The minimum absolute atomic E-state index is 0.322. The van der Waals surface area contributed by atoms with Gasteiger partial charge in [-0.3, -0.25) is 4.79 Å². The smallest absolute Gasteiger partial charge is 0.263 e. The van der Waals surface area contributed by atoms with Crippen molar-refractivity contribution < 1.29 is 21.6 Å². The van der Waals surface area contributed by atoms with E-state index in [4.69, 9.17) is 0 Å². The number of sulfone groups is 2. The average Bonchev–Trinajstić information content (AvgIpc) is 2.03. The third-order valence-electron chi connectivity index (χ3n) is 1.09. The van der Waals surface area contributed by atoms with Gasteiger partial charge in [-0.25, -0.2) is 16.8 Å². The Hall–Kier alpha value is -0.690. The molecule has 0 aromatic rings. The van der Waals surface area contributed by atoms with E-state index >= 15 is 0 Å². The van der Waals surface area contributed by atoms with E-state index in [0.29, 0.717) is 5.41 Å². The monoisotopic (exact) mass is 212 g/mol. The molecule has 0 atom stereocenters. The molecule has 0 saturated heterocycles. The molecule has 0 aliphatic carbocycles. The van der Waals surface area contributed by atoms with Gasteiger partial charge < -0.3 is 0 Å². The molecule has 0 aliphatic heterocycles. The summed E-state index contributed by atoms with van der Waals surface area (Å²) in [5, 5.41) is 0.322. The van der Waals surface area contributed by atoms with Crippen molar-refractivity contribution in [2.45, 2.75) is 6.92 Å². The Morgan fingerprint density at radius 2 is 1.75 bits per heavy atom. The summed E-state index contributed by atoms with van der Waals surface area (Å²) in [6, 6.07) is 0. The minimum Gasteiger partial charge on any atom is -0.263 e. The number of carbonyl (C=O) groups excluding carboxylic acids is 1. The summed E-state index contributed by atoms with van der Waals surface area (Å²) in [7, 11) is -8.50. The zero-order valence-electron chi connectivity index (χ0n) is 6.35. The predicted octanol–water partition coefficient (Wildman–Crippen LogP) is 0.0994. The Morgan fingerprint density at radius 1 is 1.33 bits per heavy atom. The third-order valence-corrected chi connectivity index (χ3v) is 4.72. The first kappa shape index (κ1) is 11.3. The Morgan fingerprint density at radius 3 is 2.00 bits per heavy atom. The van der Waals surface area contributed by atoms with Crippen LogP contribution in [0.2, 0.25) is 0 Å². The standard InChI is InChI=1S/C5H8O5S2/c1-3-11(7,8)5(6)12(9,10)4-2/h3H,1,4H2,2H3. The topological polar surface area (TPSA) is 85.3 Å². The fourth-order valence-electron chi connectivity index (χ4n) is 0.363. The molecule has 0 N–H and O–H groups in total. The summed E-state index contributed by atoms with van der Waals surface area (Å²) < 4.78 is 41.0. The molecule has 0 saturated carbocycles. The molecule has 7 heteroatoms. The van der Waals surface area contributed by atoms with E-state index in [9.17, 15) is 21.6 Å². The average molecular weight is 212 g/mol. The van der Waals surface area contributed by atoms with E-state index in [2.05, 4.69) is 6.58 Å². The van der Waals surface area contributed by atoms with Gasteiger partial charge in [0.15, 0.2) is 0 Å². The molecule has 0 heterocycles. The van der Waals surface area contributed by atoms with Crippen LogP contribution < -0.4 is 0 Å². The third kappa shape index (κ3) is 2.15. The summed E-state index contributed by atoms with van der Waals surface area (Å²) in [5.41, 5.74) is 0. The molecular weight excluding hydrogens is 204 g/mol. The molecule has 0 aliphatic rings. The van der Waals surface area contributed by atoms with Crippen LogP contribution in [-0.2, 0) is 19.7 Å². The Labute approximate surface area is 70.9 Å². The summed E-state index contributed by atoms with van der Waals surface area (Å²) in [6.45, 7) is 4.01. The van der Waals surface area contributed by atoms with Crippen molar-refractivity contribution >= 4 is 24.1 Å². The maximum atomic E-state index is 10.7. The summed E-state index contributed by atoms with van der Waals surface area (Å²) in [6.07, 6.45) is 0. The Kier molecular flexibility index (Phi) is 3.17. The lowest BCUT2D eigenvalue weighted by atomic mass is 11.0. The molecule has 70 valence electrons. The maximum absolute atomic E-state index is 10.7. The van der Waals surface area contributed by atoms with Crippen LogP contribution in [-0.4, -0.2) is 27.0 Å². The fourth-order valence-corrected chi connectivity index (χ4v) is 2.71. The highest BCUT2D eigenvalue weighted by atomic mass is 32.3. The van der Waals surface area contributed by atoms with Gasteiger partial charge in [-0.05, 0) is 0 Å². The van der Waals surface area contributed by atoms with Crippen LogP contribution in [0.15, 0.2) is 12.0 Å². The summed E-state index contributed by atoms with van der Waals surface area (Å²) in [4.78, 5) is 10.7. The van der Waals surface area contributed by atoms with Gasteiger partial charge in [0.05, 0.1) is 5.75 Å². The first-order valence-electron chi connectivity index (χ1n) is 2.92. The molecular formula is C5H8O5S2. The SMILES string of the molecule is C=CS(=O)(=O)C(=O)S(=O)(=O)CC. The second-order valence-corrected chi connectivity index (χ2v) is 6.10. The molecule has 0 amide bonds. The van der Waals surface area contributed by atoms with E-state index in [-0.39, 0.29) is 0 Å². The Bertz CT molecular complexity index is 386. The van der Waals surface area contributed by atoms with Crippen LogP contribution >= 0.6 is 0 Å². The van der Waals surface area contributed by atoms with Crippen LogP contribution in [0.5, 0.6) is 0 Å². The molecule has 0 radical (unpaired) electrons. The van der Waals surface area contributed by atoms with Crippen molar-refractivity contribution in [2.75, 3.05) is 5.75 Å². The minimum atomic E-state index is -4.33. The van der Waals surface area contributed by atoms with E-state index in [1.807, 2.05) is 0 Å². The second-order valence-electron chi connectivity index (χ2n) is 1.87. The number of hydrogen-bond acceptors (Lipinski definition) is 5. The van der Waals surface area contributed by atoms with Gasteiger partial charge in [0, 0.05) is 5.41 Å². The van der Waals surface area contributed by atoms with Crippen molar-refractivity contribution in [3.05, 3.63) is 12.0 Å². The van der Waals surface area contributed by atoms with Gasteiger partial charge >= 0.3 is 4.45 Å². The normalized spacial score (nSPS) is 12.4. The summed E-state index contributed by atoms with van der Waals surface area (Å²) in [5.74, 6) is -0.529. The number of carbonyl (C=O) groups is 1. The number of hydrogen-bond donors (Lipinski definition) is 0. The quantitative estimate of drug-likeness (QED) is 0.648. The molecule has 0 unspecified atom stereocenters. The van der Waals surface area contributed by atoms with Gasteiger partial charge in [-0.2, -0.15) is 0 Å². The molecule has 0 fully saturated rings. The molecule has 0 aromatic carbocycles. The predicted molar refractivity (Wildman–Crippen MR) is 44.0 cm³/mol. The van der Waals surface area contributed by atoms with E-state index in [1.54, 1.807) is 0 Å². The van der Waals surface area contributed by atoms with Crippen molar-refractivity contribution in [2.24, 2.45) is 0 Å².